The van der Waals surface area contributed by atoms with Gasteiger partial charge in [0.05, 0.1) is 0 Å². The average Bonchev–Trinajstić information content (AvgIpc) is 2.19. The van der Waals surface area contributed by atoms with Crippen molar-refractivity contribution in [2.75, 3.05) is 46.3 Å². The topological polar surface area (TPSA) is 18.5 Å². The van der Waals surface area contributed by atoms with E-state index in [-0.39, 0.29) is 0 Å². The van der Waals surface area contributed by atoms with Crippen molar-refractivity contribution in [2.45, 2.75) is 31.7 Å². The summed E-state index contributed by atoms with van der Waals surface area (Å²) in [5.74, 6) is 0. The van der Waals surface area contributed by atoms with Gasteiger partial charge >= 0.3 is 0 Å². The van der Waals surface area contributed by atoms with Crippen molar-refractivity contribution in [2.24, 2.45) is 0 Å². The molecule has 2 aliphatic heterocycles. The smallest absolute Gasteiger partial charge is 0.0120 e. The van der Waals surface area contributed by atoms with E-state index in [2.05, 4.69) is 22.2 Å². The number of piperidine rings is 1. The Morgan fingerprint density at radius 1 is 0.933 bits per heavy atom. The van der Waals surface area contributed by atoms with Gasteiger partial charge in [0.15, 0.2) is 0 Å². The molecule has 2 fully saturated rings. The molecule has 0 unspecified atom stereocenters. The quantitative estimate of drug-likeness (QED) is 0.691. The molecule has 2 heterocycles. The molecular formula is C12H25N3. The first kappa shape index (κ1) is 11.4. The molecule has 3 nitrogen and oxygen atoms in total. The van der Waals surface area contributed by atoms with Crippen LogP contribution in [0.1, 0.15) is 25.7 Å². The van der Waals surface area contributed by atoms with Crippen molar-refractivity contribution in [3.05, 3.63) is 0 Å². The molecule has 0 spiro atoms. The van der Waals surface area contributed by atoms with Crippen LogP contribution in [0, 0.1) is 0 Å². The molecule has 2 rings (SSSR count). The fraction of sp³-hybridized carbons (Fsp3) is 1.00. The van der Waals surface area contributed by atoms with Gasteiger partial charge in [-0.05, 0) is 72.0 Å². The third-order valence-corrected chi connectivity index (χ3v) is 3.80. The average molecular weight is 211 g/mol. The highest BCUT2D eigenvalue weighted by Crippen LogP contribution is 2.16. The van der Waals surface area contributed by atoms with E-state index in [1.54, 1.807) is 0 Å². The van der Waals surface area contributed by atoms with Gasteiger partial charge in [0, 0.05) is 6.04 Å². The third-order valence-electron chi connectivity index (χ3n) is 3.80. The van der Waals surface area contributed by atoms with Crippen LogP contribution in [0.15, 0.2) is 0 Å². The second-order valence-corrected chi connectivity index (χ2v) is 5.03. The Kier molecular flexibility index (Phi) is 4.42. The van der Waals surface area contributed by atoms with Crippen LogP contribution in [0.4, 0.5) is 0 Å². The summed E-state index contributed by atoms with van der Waals surface area (Å²) in [5.41, 5.74) is 0. The molecule has 3 heteroatoms. The van der Waals surface area contributed by atoms with E-state index in [1.165, 1.54) is 65.0 Å². The number of hydrogen-bond donors (Lipinski definition) is 1. The summed E-state index contributed by atoms with van der Waals surface area (Å²) in [6.07, 6.45) is 5.41. The SMILES string of the molecule is CN1CCC(N2CCCNCCC2)CC1. The highest BCUT2D eigenvalue weighted by atomic mass is 15.2. The monoisotopic (exact) mass is 211 g/mol. The van der Waals surface area contributed by atoms with Crippen LogP contribution in [-0.2, 0) is 0 Å². The minimum absolute atomic E-state index is 0.874. The Bertz CT molecular complexity index is 168. The summed E-state index contributed by atoms with van der Waals surface area (Å²) in [5, 5.41) is 3.48. The van der Waals surface area contributed by atoms with E-state index >= 15 is 0 Å². The van der Waals surface area contributed by atoms with Gasteiger partial charge in [-0.25, -0.2) is 0 Å². The summed E-state index contributed by atoms with van der Waals surface area (Å²) in [6.45, 7) is 7.62. The van der Waals surface area contributed by atoms with E-state index in [1.807, 2.05) is 0 Å². The lowest BCUT2D eigenvalue weighted by atomic mass is 10.0. The van der Waals surface area contributed by atoms with Crippen molar-refractivity contribution >= 4 is 0 Å². The lowest BCUT2D eigenvalue weighted by Crippen LogP contribution is -2.46. The third kappa shape index (κ3) is 3.44. The summed E-state index contributed by atoms with van der Waals surface area (Å²) in [7, 11) is 2.24. The molecule has 2 saturated heterocycles. The maximum Gasteiger partial charge on any atom is 0.0120 e. The van der Waals surface area contributed by atoms with Crippen LogP contribution in [-0.4, -0.2) is 62.2 Å². The van der Waals surface area contributed by atoms with E-state index in [9.17, 15) is 0 Å². The standard InChI is InChI=1S/C12H25N3/c1-14-10-4-12(5-11-14)15-8-2-6-13-7-3-9-15/h12-13H,2-11H2,1H3. The molecule has 0 aromatic carbocycles. The van der Waals surface area contributed by atoms with Gasteiger partial charge in [0.1, 0.15) is 0 Å². The molecular weight excluding hydrogens is 186 g/mol. The molecule has 15 heavy (non-hydrogen) atoms. The van der Waals surface area contributed by atoms with Gasteiger partial charge in [-0.1, -0.05) is 0 Å². The first-order valence-corrected chi connectivity index (χ1v) is 6.49. The van der Waals surface area contributed by atoms with E-state index in [4.69, 9.17) is 0 Å². The molecule has 0 atom stereocenters. The summed E-state index contributed by atoms with van der Waals surface area (Å²) in [4.78, 5) is 5.20. The second-order valence-electron chi connectivity index (χ2n) is 5.03. The molecule has 2 aliphatic rings. The predicted octanol–water partition coefficient (Wildman–Crippen LogP) is 0.766. The maximum atomic E-state index is 3.48. The summed E-state index contributed by atoms with van der Waals surface area (Å²) in [6, 6.07) is 0.874. The predicted molar refractivity (Wildman–Crippen MR) is 64.2 cm³/mol. The first-order chi connectivity index (χ1) is 7.36. The Labute approximate surface area is 93.8 Å². The zero-order valence-corrected chi connectivity index (χ0v) is 10.0. The van der Waals surface area contributed by atoms with Gasteiger partial charge < -0.3 is 15.1 Å². The number of rotatable bonds is 1. The normalized spacial score (nSPS) is 28.6. The van der Waals surface area contributed by atoms with Crippen LogP contribution in [0.3, 0.4) is 0 Å². The summed E-state index contributed by atoms with van der Waals surface area (Å²) >= 11 is 0. The van der Waals surface area contributed by atoms with Crippen molar-refractivity contribution < 1.29 is 0 Å². The molecule has 0 bridgehead atoms. The van der Waals surface area contributed by atoms with E-state index in [0.717, 1.165) is 6.04 Å². The highest BCUT2D eigenvalue weighted by molar-refractivity contribution is 4.79. The zero-order chi connectivity index (χ0) is 10.5. The lowest BCUT2D eigenvalue weighted by molar-refractivity contribution is 0.114. The Hall–Kier alpha value is -0.120. The van der Waals surface area contributed by atoms with Crippen molar-refractivity contribution in [1.29, 1.82) is 0 Å². The number of nitrogens with zero attached hydrogens (tertiary/aromatic N) is 2. The molecule has 0 saturated carbocycles. The minimum atomic E-state index is 0.874. The van der Waals surface area contributed by atoms with Crippen LogP contribution in [0.5, 0.6) is 0 Å². The molecule has 0 amide bonds. The van der Waals surface area contributed by atoms with Crippen molar-refractivity contribution in [3.8, 4) is 0 Å². The van der Waals surface area contributed by atoms with Crippen molar-refractivity contribution in [1.82, 2.24) is 15.1 Å². The Morgan fingerprint density at radius 2 is 1.53 bits per heavy atom. The van der Waals surface area contributed by atoms with Crippen LogP contribution >= 0.6 is 0 Å². The highest BCUT2D eigenvalue weighted by Gasteiger charge is 2.22. The summed E-state index contributed by atoms with van der Waals surface area (Å²) < 4.78 is 0. The van der Waals surface area contributed by atoms with Crippen molar-refractivity contribution in [3.63, 3.8) is 0 Å². The van der Waals surface area contributed by atoms with Gasteiger partial charge in [-0.3, -0.25) is 0 Å². The molecule has 0 aliphatic carbocycles. The molecule has 1 N–H and O–H groups in total. The van der Waals surface area contributed by atoms with Crippen LogP contribution in [0.25, 0.3) is 0 Å². The minimum Gasteiger partial charge on any atom is -0.317 e. The maximum absolute atomic E-state index is 3.48. The molecule has 88 valence electrons. The first-order valence-electron chi connectivity index (χ1n) is 6.49. The zero-order valence-electron chi connectivity index (χ0n) is 10.0. The van der Waals surface area contributed by atoms with E-state index < -0.39 is 0 Å². The Morgan fingerprint density at radius 3 is 2.13 bits per heavy atom. The number of likely N-dealkylation sites (tertiary alicyclic amines) is 1. The van der Waals surface area contributed by atoms with Gasteiger partial charge in [0.2, 0.25) is 0 Å². The van der Waals surface area contributed by atoms with E-state index in [0.29, 0.717) is 0 Å². The Balaban J connectivity index is 1.79. The van der Waals surface area contributed by atoms with Crippen LogP contribution in [0.2, 0.25) is 0 Å². The van der Waals surface area contributed by atoms with Gasteiger partial charge in [0.25, 0.3) is 0 Å². The largest absolute Gasteiger partial charge is 0.317 e. The fourth-order valence-corrected chi connectivity index (χ4v) is 2.78. The molecule has 0 aromatic heterocycles. The number of nitrogens with one attached hydrogen (secondary N) is 1. The molecule has 0 radical (unpaired) electrons. The van der Waals surface area contributed by atoms with Gasteiger partial charge in [-0.15, -0.1) is 0 Å². The lowest BCUT2D eigenvalue weighted by Gasteiger charge is -2.38. The van der Waals surface area contributed by atoms with Crippen LogP contribution < -0.4 is 5.32 Å². The second kappa shape index (κ2) is 5.83. The fourth-order valence-electron chi connectivity index (χ4n) is 2.78. The molecule has 0 aromatic rings. The number of hydrogen-bond acceptors (Lipinski definition) is 3. The van der Waals surface area contributed by atoms with Gasteiger partial charge in [-0.2, -0.15) is 0 Å².